The van der Waals surface area contributed by atoms with Gasteiger partial charge in [0.15, 0.2) is 0 Å². The number of aliphatic hydroxyl groups is 1. The largest absolute Gasteiger partial charge is 0.497 e. The van der Waals surface area contributed by atoms with E-state index in [0.717, 1.165) is 22.4 Å². The molecule has 0 fully saturated rings. The Morgan fingerprint density at radius 1 is 1.17 bits per heavy atom. The highest BCUT2D eigenvalue weighted by Crippen LogP contribution is 2.33. The number of benzene rings is 2. The van der Waals surface area contributed by atoms with Crippen LogP contribution in [-0.4, -0.2) is 24.2 Å². The van der Waals surface area contributed by atoms with Crippen molar-refractivity contribution >= 4 is 5.91 Å². The number of amides is 1. The molecule has 0 aromatic heterocycles. The number of rotatable bonds is 4. The highest BCUT2D eigenvalue weighted by atomic mass is 16.5. The average molecular weight is 325 g/mol. The molecular formula is C20H23NO3. The number of methoxy groups -OCH3 is 1. The van der Waals surface area contributed by atoms with Gasteiger partial charge in [-0.15, -0.1) is 0 Å². The van der Waals surface area contributed by atoms with E-state index in [-0.39, 0.29) is 11.9 Å². The van der Waals surface area contributed by atoms with Crippen LogP contribution in [0.1, 0.15) is 36.6 Å². The van der Waals surface area contributed by atoms with Gasteiger partial charge in [0.1, 0.15) is 5.75 Å². The molecule has 0 bridgehead atoms. The Morgan fingerprint density at radius 2 is 1.83 bits per heavy atom. The molecule has 0 aliphatic heterocycles. The lowest BCUT2D eigenvalue weighted by Crippen LogP contribution is -2.44. The smallest absolute Gasteiger partial charge is 0.230 e. The van der Waals surface area contributed by atoms with E-state index in [1.54, 1.807) is 7.11 Å². The highest BCUT2D eigenvalue weighted by Gasteiger charge is 2.36. The Morgan fingerprint density at radius 3 is 2.50 bits per heavy atom. The summed E-state index contributed by atoms with van der Waals surface area (Å²) in [5, 5.41) is 13.4. The third kappa shape index (κ3) is 2.89. The summed E-state index contributed by atoms with van der Waals surface area (Å²) in [6.45, 7) is 3.77. The van der Waals surface area contributed by atoms with E-state index in [1.165, 1.54) is 0 Å². The molecule has 2 N–H and O–H groups in total. The molecule has 1 aliphatic carbocycles. The maximum Gasteiger partial charge on any atom is 0.230 e. The van der Waals surface area contributed by atoms with Crippen molar-refractivity contribution in [1.29, 1.82) is 0 Å². The third-order valence-electron chi connectivity index (χ3n) is 4.87. The summed E-state index contributed by atoms with van der Waals surface area (Å²) in [7, 11) is 1.62. The molecule has 24 heavy (non-hydrogen) atoms. The summed E-state index contributed by atoms with van der Waals surface area (Å²) in [4.78, 5) is 12.9. The normalized spacial score (nSPS) is 19.7. The fraction of sp³-hybridized carbons (Fsp3) is 0.350. The molecule has 2 aromatic rings. The Bertz CT molecular complexity index is 737. The van der Waals surface area contributed by atoms with Crippen LogP contribution in [0.25, 0.3) is 0 Å². The zero-order valence-electron chi connectivity index (χ0n) is 14.2. The average Bonchev–Trinajstić information content (AvgIpc) is 2.90. The van der Waals surface area contributed by atoms with Gasteiger partial charge in [-0.25, -0.2) is 0 Å². The molecule has 2 atom stereocenters. The predicted octanol–water partition coefficient (Wildman–Crippen LogP) is 2.75. The van der Waals surface area contributed by atoms with Crippen molar-refractivity contribution in [2.75, 3.05) is 7.11 Å². The Labute approximate surface area is 142 Å². The summed E-state index contributed by atoms with van der Waals surface area (Å²) >= 11 is 0. The van der Waals surface area contributed by atoms with Crippen LogP contribution in [0.2, 0.25) is 0 Å². The van der Waals surface area contributed by atoms with E-state index in [2.05, 4.69) is 5.32 Å². The molecule has 2 aromatic carbocycles. The van der Waals surface area contributed by atoms with Gasteiger partial charge in [-0.2, -0.15) is 0 Å². The molecule has 0 unspecified atom stereocenters. The summed E-state index contributed by atoms with van der Waals surface area (Å²) < 4.78 is 5.17. The Hall–Kier alpha value is -2.33. The number of carbonyl (C=O) groups is 1. The minimum absolute atomic E-state index is 0.103. The highest BCUT2D eigenvalue weighted by molar-refractivity contribution is 5.87. The van der Waals surface area contributed by atoms with E-state index in [1.807, 2.05) is 62.4 Å². The van der Waals surface area contributed by atoms with Crippen LogP contribution < -0.4 is 10.1 Å². The number of fused-ring (bicyclic) bond motifs is 1. The van der Waals surface area contributed by atoms with Gasteiger partial charge in [0.25, 0.3) is 0 Å². The summed E-state index contributed by atoms with van der Waals surface area (Å²) in [6, 6.07) is 15.0. The number of aliphatic hydroxyl groups excluding tert-OH is 1. The monoisotopic (exact) mass is 325 g/mol. The van der Waals surface area contributed by atoms with Crippen LogP contribution in [0.15, 0.2) is 48.5 Å². The molecule has 0 radical (unpaired) electrons. The van der Waals surface area contributed by atoms with Crippen molar-refractivity contribution in [2.45, 2.75) is 37.8 Å². The number of hydrogen-bond acceptors (Lipinski definition) is 3. The second-order valence-electron chi connectivity index (χ2n) is 6.77. The van der Waals surface area contributed by atoms with Crippen LogP contribution in [0.4, 0.5) is 0 Å². The molecule has 4 heteroatoms. The number of hydrogen-bond donors (Lipinski definition) is 2. The maximum absolute atomic E-state index is 12.9. The zero-order chi connectivity index (χ0) is 17.3. The second-order valence-corrected chi connectivity index (χ2v) is 6.77. The van der Waals surface area contributed by atoms with Gasteiger partial charge < -0.3 is 15.2 Å². The van der Waals surface area contributed by atoms with Gasteiger partial charge in [-0.05, 0) is 42.7 Å². The quantitative estimate of drug-likeness (QED) is 0.909. The van der Waals surface area contributed by atoms with Gasteiger partial charge in [0, 0.05) is 6.42 Å². The first-order chi connectivity index (χ1) is 11.4. The maximum atomic E-state index is 12.9. The molecule has 3 rings (SSSR count). The van der Waals surface area contributed by atoms with Crippen LogP contribution in [0.5, 0.6) is 5.75 Å². The molecule has 1 amide bonds. The van der Waals surface area contributed by atoms with E-state index in [0.29, 0.717) is 6.42 Å². The number of nitrogens with one attached hydrogen (secondary N) is 1. The molecule has 0 heterocycles. The first-order valence-electron chi connectivity index (χ1n) is 8.15. The molecule has 4 nitrogen and oxygen atoms in total. The van der Waals surface area contributed by atoms with E-state index in [4.69, 9.17) is 4.74 Å². The predicted molar refractivity (Wildman–Crippen MR) is 93.1 cm³/mol. The minimum Gasteiger partial charge on any atom is -0.497 e. The molecule has 1 aliphatic rings. The SMILES string of the molecule is COc1ccc(C(C)(C)C(=O)N[C@H]2c3ccccc3C[C@H]2O)cc1. The van der Waals surface area contributed by atoms with Crippen molar-refractivity contribution in [1.82, 2.24) is 5.32 Å². The van der Waals surface area contributed by atoms with Crippen molar-refractivity contribution in [2.24, 2.45) is 0 Å². The lowest BCUT2D eigenvalue weighted by atomic mass is 9.83. The van der Waals surface area contributed by atoms with Gasteiger partial charge in [0.05, 0.1) is 24.7 Å². The van der Waals surface area contributed by atoms with Gasteiger partial charge >= 0.3 is 0 Å². The van der Waals surface area contributed by atoms with Crippen molar-refractivity contribution in [3.05, 3.63) is 65.2 Å². The van der Waals surface area contributed by atoms with Gasteiger partial charge in [-0.3, -0.25) is 4.79 Å². The minimum atomic E-state index is -0.705. The zero-order valence-corrected chi connectivity index (χ0v) is 14.2. The summed E-state index contributed by atoms with van der Waals surface area (Å²) in [5.74, 6) is 0.656. The van der Waals surface area contributed by atoms with Crippen molar-refractivity contribution in [3.8, 4) is 5.75 Å². The fourth-order valence-electron chi connectivity index (χ4n) is 3.21. The van der Waals surface area contributed by atoms with Crippen molar-refractivity contribution < 1.29 is 14.6 Å². The lowest BCUT2D eigenvalue weighted by Gasteiger charge is -2.28. The Kier molecular flexibility index (Phi) is 4.33. The van der Waals surface area contributed by atoms with Crippen LogP contribution in [-0.2, 0) is 16.6 Å². The first kappa shape index (κ1) is 16.5. The van der Waals surface area contributed by atoms with Crippen LogP contribution >= 0.6 is 0 Å². The summed E-state index contributed by atoms with van der Waals surface area (Å²) in [6.07, 6.45) is -0.0117. The standard InChI is InChI=1S/C20H23NO3/c1-20(2,14-8-10-15(24-3)11-9-14)19(23)21-18-16-7-5-4-6-13(16)12-17(18)22/h4-11,17-18,22H,12H2,1-3H3,(H,21,23)/t17-,18+/m1/s1. The van der Waals surface area contributed by atoms with Gasteiger partial charge in [0.2, 0.25) is 5.91 Å². The van der Waals surface area contributed by atoms with Crippen LogP contribution in [0.3, 0.4) is 0 Å². The van der Waals surface area contributed by atoms with E-state index < -0.39 is 11.5 Å². The topological polar surface area (TPSA) is 58.6 Å². The number of ether oxygens (including phenoxy) is 1. The molecule has 0 saturated carbocycles. The van der Waals surface area contributed by atoms with Crippen LogP contribution in [0, 0.1) is 0 Å². The fourth-order valence-corrected chi connectivity index (χ4v) is 3.21. The lowest BCUT2D eigenvalue weighted by molar-refractivity contribution is -0.127. The first-order valence-corrected chi connectivity index (χ1v) is 8.15. The van der Waals surface area contributed by atoms with E-state index in [9.17, 15) is 9.90 Å². The molecular weight excluding hydrogens is 302 g/mol. The molecule has 0 spiro atoms. The molecule has 126 valence electrons. The summed E-state index contributed by atoms with van der Waals surface area (Å²) in [5.41, 5.74) is 2.30. The molecule has 0 saturated heterocycles. The van der Waals surface area contributed by atoms with Gasteiger partial charge in [-0.1, -0.05) is 36.4 Å². The van der Waals surface area contributed by atoms with Crippen molar-refractivity contribution in [3.63, 3.8) is 0 Å². The third-order valence-corrected chi connectivity index (χ3v) is 4.87. The second kappa shape index (κ2) is 6.29. The number of carbonyl (C=O) groups excluding carboxylic acids is 1. The Balaban J connectivity index is 1.80. The van der Waals surface area contributed by atoms with E-state index >= 15 is 0 Å².